The average Bonchev–Trinajstić information content (AvgIpc) is 2.62. The van der Waals surface area contributed by atoms with Crippen LogP contribution in [0, 0.1) is 16.0 Å². The van der Waals surface area contributed by atoms with Gasteiger partial charge in [0, 0.05) is 0 Å². The van der Waals surface area contributed by atoms with Crippen molar-refractivity contribution in [2.45, 2.75) is 26.3 Å². The first-order valence-electron chi connectivity index (χ1n) is 7.66. The molecular weight excluding hydrogens is 332 g/mol. The third-order valence-corrected chi connectivity index (χ3v) is 3.71. The summed E-state index contributed by atoms with van der Waals surface area (Å²) in [5.41, 5.74) is -0.321. The normalized spacial score (nSPS) is 12.6. The number of ether oxygens (including phenoxy) is 3. The zero-order chi connectivity index (χ0) is 19.0. The van der Waals surface area contributed by atoms with Gasteiger partial charge in [-0.1, -0.05) is 20.3 Å². The van der Waals surface area contributed by atoms with E-state index in [1.807, 2.05) is 6.92 Å². The third-order valence-electron chi connectivity index (χ3n) is 3.71. The first-order valence-corrected chi connectivity index (χ1v) is 7.66. The van der Waals surface area contributed by atoms with Crippen molar-refractivity contribution in [1.82, 2.24) is 5.32 Å². The molecule has 9 heteroatoms. The van der Waals surface area contributed by atoms with Crippen molar-refractivity contribution >= 4 is 17.6 Å². The lowest BCUT2D eigenvalue weighted by molar-refractivity contribution is -0.385. The quantitative estimate of drug-likeness (QED) is 0.407. The number of rotatable bonds is 9. The minimum Gasteiger partial charge on any atom is -0.496 e. The van der Waals surface area contributed by atoms with Crippen LogP contribution in [0.25, 0.3) is 0 Å². The molecule has 9 nitrogen and oxygen atoms in total. The van der Waals surface area contributed by atoms with Crippen LogP contribution in [0.5, 0.6) is 11.5 Å². The van der Waals surface area contributed by atoms with Crippen LogP contribution in [-0.4, -0.2) is 43.7 Å². The van der Waals surface area contributed by atoms with Crippen molar-refractivity contribution in [2.24, 2.45) is 5.92 Å². The Morgan fingerprint density at radius 1 is 1.32 bits per heavy atom. The fourth-order valence-electron chi connectivity index (χ4n) is 2.04. The molecule has 0 spiro atoms. The highest BCUT2D eigenvalue weighted by molar-refractivity contribution is 5.85. The number of nitrogens with one attached hydrogen (secondary N) is 1. The smallest absolute Gasteiger partial charge is 0.328 e. The highest BCUT2D eigenvalue weighted by Gasteiger charge is 2.27. The first-order chi connectivity index (χ1) is 11.8. The van der Waals surface area contributed by atoms with Crippen molar-refractivity contribution < 1.29 is 28.7 Å². The molecule has 0 radical (unpaired) electrons. The highest BCUT2D eigenvalue weighted by Crippen LogP contribution is 2.30. The van der Waals surface area contributed by atoms with Gasteiger partial charge in [0.05, 0.1) is 25.2 Å². The molecule has 0 heterocycles. The number of carbonyl (C=O) groups excluding carboxylic acids is 2. The van der Waals surface area contributed by atoms with Gasteiger partial charge in [0.25, 0.3) is 5.91 Å². The fraction of sp³-hybridized carbons (Fsp3) is 0.500. The average molecular weight is 354 g/mol. The van der Waals surface area contributed by atoms with Crippen LogP contribution in [0.2, 0.25) is 0 Å². The maximum Gasteiger partial charge on any atom is 0.328 e. The molecule has 1 N–H and O–H groups in total. The second kappa shape index (κ2) is 9.45. The molecule has 0 aromatic heterocycles. The van der Waals surface area contributed by atoms with Crippen LogP contribution in [0.1, 0.15) is 20.3 Å². The van der Waals surface area contributed by atoms with Crippen LogP contribution in [0.3, 0.4) is 0 Å². The molecule has 1 aromatic carbocycles. The summed E-state index contributed by atoms with van der Waals surface area (Å²) in [6, 6.07) is 3.22. The van der Waals surface area contributed by atoms with E-state index in [-0.39, 0.29) is 17.4 Å². The van der Waals surface area contributed by atoms with Gasteiger partial charge in [-0.2, -0.15) is 0 Å². The number of methoxy groups -OCH3 is 2. The summed E-state index contributed by atoms with van der Waals surface area (Å²) in [5.74, 6) is -1.05. The van der Waals surface area contributed by atoms with E-state index < -0.39 is 29.4 Å². The van der Waals surface area contributed by atoms with Crippen molar-refractivity contribution in [2.75, 3.05) is 20.8 Å². The molecule has 25 heavy (non-hydrogen) atoms. The van der Waals surface area contributed by atoms with Crippen LogP contribution < -0.4 is 14.8 Å². The molecule has 0 unspecified atom stereocenters. The molecular formula is C16H22N2O7. The maximum absolute atomic E-state index is 12.0. The molecule has 0 aliphatic carbocycles. The van der Waals surface area contributed by atoms with Crippen LogP contribution in [0.15, 0.2) is 18.2 Å². The Morgan fingerprint density at radius 2 is 2.00 bits per heavy atom. The zero-order valence-electron chi connectivity index (χ0n) is 14.6. The lowest BCUT2D eigenvalue weighted by atomic mass is 9.99. The largest absolute Gasteiger partial charge is 0.496 e. The zero-order valence-corrected chi connectivity index (χ0v) is 14.6. The van der Waals surface area contributed by atoms with E-state index in [4.69, 9.17) is 9.47 Å². The molecule has 0 saturated heterocycles. The fourth-order valence-corrected chi connectivity index (χ4v) is 2.04. The van der Waals surface area contributed by atoms with Crippen molar-refractivity contribution in [3.63, 3.8) is 0 Å². The number of carbonyl (C=O) groups is 2. The number of benzene rings is 1. The summed E-state index contributed by atoms with van der Waals surface area (Å²) in [6.07, 6.45) is 0.658. The molecule has 0 aliphatic rings. The number of esters is 1. The van der Waals surface area contributed by atoms with Crippen molar-refractivity contribution in [3.05, 3.63) is 28.3 Å². The van der Waals surface area contributed by atoms with Gasteiger partial charge in [-0.25, -0.2) is 4.79 Å². The molecule has 1 amide bonds. The highest BCUT2D eigenvalue weighted by atomic mass is 16.6. The number of nitrogens with zero attached hydrogens (tertiary/aromatic N) is 1. The Balaban J connectivity index is 2.78. The van der Waals surface area contributed by atoms with E-state index in [0.717, 1.165) is 0 Å². The van der Waals surface area contributed by atoms with E-state index in [1.54, 1.807) is 6.92 Å². The van der Waals surface area contributed by atoms with Gasteiger partial charge in [0.15, 0.2) is 12.4 Å². The van der Waals surface area contributed by atoms with E-state index in [1.165, 1.54) is 32.4 Å². The second-order valence-electron chi connectivity index (χ2n) is 5.33. The first kappa shape index (κ1) is 20.2. The Bertz CT molecular complexity index is 633. The topological polar surface area (TPSA) is 117 Å². The molecule has 0 saturated carbocycles. The Labute approximate surface area is 145 Å². The van der Waals surface area contributed by atoms with Crippen LogP contribution >= 0.6 is 0 Å². The monoisotopic (exact) mass is 354 g/mol. The Kier molecular flexibility index (Phi) is 7.64. The Morgan fingerprint density at radius 3 is 2.52 bits per heavy atom. The predicted octanol–water partition coefficient (Wildman–Crippen LogP) is 1.69. The molecule has 0 aliphatic heterocycles. The van der Waals surface area contributed by atoms with Gasteiger partial charge < -0.3 is 19.5 Å². The molecule has 0 fully saturated rings. The van der Waals surface area contributed by atoms with E-state index in [0.29, 0.717) is 12.2 Å². The summed E-state index contributed by atoms with van der Waals surface area (Å²) < 4.78 is 14.8. The SMILES string of the molecule is CC[C@@H](C)[C@H](NC(=O)COc1ccc(OC)cc1[N+](=O)[O-])C(=O)OC. The molecule has 2 atom stereocenters. The Hall–Kier alpha value is -2.84. The number of nitro benzene ring substituents is 1. The third kappa shape index (κ3) is 5.63. The van der Waals surface area contributed by atoms with Gasteiger partial charge in [0.2, 0.25) is 0 Å². The number of hydrogen-bond acceptors (Lipinski definition) is 7. The van der Waals surface area contributed by atoms with E-state index in [2.05, 4.69) is 10.1 Å². The van der Waals surface area contributed by atoms with Crippen molar-refractivity contribution in [1.29, 1.82) is 0 Å². The lowest BCUT2D eigenvalue weighted by Gasteiger charge is -2.21. The number of hydrogen-bond donors (Lipinski definition) is 1. The summed E-state index contributed by atoms with van der Waals surface area (Å²) in [7, 11) is 2.62. The van der Waals surface area contributed by atoms with Gasteiger partial charge in [-0.05, 0) is 18.1 Å². The predicted molar refractivity (Wildman–Crippen MR) is 88.5 cm³/mol. The van der Waals surface area contributed by atoms with E-state index in [9.17, 15) is 19.7 Å². The van der Waals surface area contributed by atoms with Gasteiger partial charge >= 0.3 is 11.7 Å². The maximum atomic E-state index is 12.0. The number of nitro groups is 1. The summed E-state index contributed by atoms with van der Waals surface area (Å²) in [6.45, 7) is 3.21. The summed E-state index contributed by atoms with van der Waals surface area (Å²) >= 11 is 0. The van der Waals surface area contributed by atoms with E-state index >= 15 is 0 Å². The van der Waals surface area contributed by atoms with Gasteiger partial charge in [-0.3, -0.25) is 14.9 Å². The van der Waals surface area contributed by atoms with Gasteiger partial charge in [0.1, 0.15) is 11.8 Å². The van der Waals surface area contributed by atoms with Crippen LogP contribution in [0.4, 0.5) is 5.69 Å². The standard InChI is InChI=1S/C16H22N2O7/c1-5-10(2)15(16(20)24-4)17-14(19)9-25-13-7-6-11(23-3)8-12(13)18(21)22/h6-8,10,15H,5,9H2,1-4H3,(H,17,19)/t10-,15+/m1/s1. The summed E-state index contributed by atoms with van der Waals surface area (Å²) in [5, 5.41) is 13.6. The molecule has 1 aromatic rings. The lowest BCUT2D eigenvalue weighted by Crippen LogP contribution is -2.47. The summed E-state index contributed by atoms with van der Waals surface area (Å²) in [4.78, 5) is 34.2. The van der Waals surface area contributed by atoms with Crippen molar-refractivity contribution in [3.8, 4) is 11.5 Å². The minimum absolute atomic E-state index is 0.0703. The molecule has 0 bridgehead atoms. The van der Waals surface area contributed by atoms with Gasteiger partial charge in [-0.15, -0.1) is 0 Å². The molecule has 138 valence electrons. The molecule has 1 rings (SSSR count). The second-order valence-corrected chi connectivity index (χ2v) is 5.33. The minimum atomic E-state index is -0.808. The number of amides is 1. The van der Waals surface area contributed by atoms with Crippen LogP contribution in [-0.2, 0) is 14.3 Å².